The maximum absolute atomic E-state index is 13.7. The second kappa shape index (κ2) is 10.9. The van der Waals surface area contributed by atoms with Crippen molar-refractivity contribution in [3.63, 3.8) is 0 Å². The smallest absolute Gasteiger partial charge is 0.262 e. The summed E-state index contributed by atoms with van der Waals surface area (Å²) in [5.41, 5.74) is 2.20. The van der Waals surface area contributed by atoms with Crippen molar-refractivity contribution in [2.24, 2.45) is 5.92 Å². The van der Waals surface area contributed by atoms with Gasteiger partial charge in [-0.05, 0) is 81.2 Å². The molecule has 1 N–H and O–H groups in total. The van der Waals surface area contributed by atoms with Gasteiger partial charge in [-0.2, -0.15) is 0 Å². The van der Waals surface area contributed by atoms with Crippen LogP contribution in [0.3, 0.4) is 0 Å². The van der Waals surface area contributed by atoms with E-state index in [9.17, 15) is 14.0 Å². The summed E-state index contributed by atoms with van der Waals surface area (Å²) in [5, 5.41) is 3.93. The zero-order chi connectivity index (χ0) is 26.1. The van der Waals surface area contributed by atoms with Gasteiger partial charge in [0.15, 0.2) is 0 Å². The first kappa shape index (κ1) is 25.9. The highest BCUT2D eigenvalue weighted by atomic mass is 35.5. The van der Waals surface area contributed by atoms with Crippen molar-refractivity contribution in [1.29, 1.82) is 0 Å². The third kappa shape index (κ3) is 5.88. The van der Waals surface area contributed by atoms with E-state index in [0.717, 1.165) is 38.0 Å². The average Bonchev–Trinajstić information content (AvgIpc) is 2.83. The molecule has 2 aliphatic rings. The number of amides is 1. The highest BCUT2D eigenvalue weighted by molar-refractivity contribution is 6.30. The first-order chi connectivity index (χ1) is 17.8. The summed E-state index contributed by atoms with van der Waals surface area (Å²) in [7, 11) is 0. The van der Waals surface area contributed by atoms with Gasteiger partial charge in [0.1, 0.15) is 18.5 Å². The normalized spacial score (nSPS) is 20.8. The molecule has 6 nitrogen and oxygen atoms in total. The summed E-state index contributed by atoms with van der Waals surface area (Å²) in [6.07, 6.45) is 2.79. The quantitative estimate of drug-likeness (QED) is 0.463. The largest absolute Gasteiger partial charge is 0.352 e. The number of piperidine rings is 1. The Labute approximate surface area is 221 Å². The van der Waals surface area contributed by atoms with Gasteiger partial charge in [-0.1, -0.05) is 29.8 Å². The molecule has 5 rings (SSSR count). The number of nitrogens with zero attached hydrogens (tertiary/aromatic N) is 3. The third-order valence-corrected chi connectivity index (χ3v) is 7.79. The van der Waals surface area contributed by atoms with Crippen molar-refractivity contribution in [1.82, 2.24) is 19.8 Å². The van der Waals surface area contributed by atoms with E-state index in [1.807, 2.05) is 38.1 Å². The summed E-state index contributed by atoms with van der Waals surface area (Å²) in [5.74, 6) is 1.19. The Hall–Kier alpha value is -2.77. The van der Waals surface area contributed by atoms with E-state index < -0.39 is 6.17 Å². The molecule has 0 atom stereocenters. The van der Waals surface area contributed by atoms with Crippen LogP contribution >= 0.6 is 11.6 Å². The SMILES string of the molecule is CC(C)NC(=O)Cn1c(-c2cccc(Cl)c2)nc2ccc([C@H]3C[C@H](CN4CCC(F)CC4)C3)cc2c1=O. The standard InChI is InChI=1S/C29H34ClFN4O2/c1-18(2)32-27(36)17-35-28(21-4-3-5-23(30)14-21)33-26-7-6-20(15-25(26)29(35)37)22-12-19(13-22)16-34-10-8-24(31)9-11-34/h3-7,14-15,18-19,22,24H,8-13,16-17H2,1-2H3,(H,32,36)/t19-,22-. The number of benzene rings is 2. The molecule has 2 heterocycles. The lowest BCUT2D eigenvalue weighted by Gasteiger charge is -2.40. The van der Waals surface area contributed by atoms with Crippen LogP contribution in [-0.4, -0.2) is 52.2 Å². The lowest BCUT2D eigenvalue weighted by atomic mass is 9.71. The maximum atomic E-state index is 13.7. The van der Waals surface area contributed by atoms with E-state index in [-0.39, 0.29) is 24.1 Å². The Morgan fingerprint density at radius 3 is 2.62 bits per heavy atom. The molecule has 1 saturated heterocycles. The van der Waals surface area contributed by atoms with Gasteiger partial charge in [0.05, 0.1) is 10.9 Å². The molecular weight excluding hydrogens is 491 g/mol. The molecule has 1 aromatic heterocycles. The number of aromatic nitrogens is 2. The van der Waals surface area contributed by atoms with E-state index in [2.05, 4.69) is 16.3 Å². The zero-order valence-electron chi connectivity index (χ0n) is 21.4. The second-order valence-electron chi connectivity index (χ2n) is 10.8. The fourth-order valence-corrected chi connectivity index (χ4v) is 5.79. The summed E-state index contributed by atoms with van der Waals surface area (Å²) in [6, 6.07) is 13.1. The zero-order valence-corrected chi connectivity index (χ0v) is 22.2. The number of rotatable bonds is 7. The molecule has 1 aliphatic carbocycles. The highest BCUT2D eigenvalue weighted by Gasteiger charge is 2.33. The summed E-state index contributed by atoms with van der Waals surface area (Å²) in [4.78, 5) is 33.6. The summed E-state index contributed by atoms with van der Waals surface area (Å²) < 4.78 is 14.9. The number of carbonyl (C=O) groups excluding carboxylic acids is 1. The van der Waals surface area contributed by atoms with Crippen LogP contribution in [0.4, 0.5) is 4.39 Å². The number of likely N-dealkylation sites (tertiary alicyclic amines) is 1. The topological polar surface area (TPSA) is 67.2 Å². The van der Waals surface area contributed by atoms with Crippen molar-refractivity contribution in [2.75, 3.05) is 19.6 Å². The number of alkyl halides is 1. The Morgan fingerprint density at radius 1 is 1.16 bits per heavy atom. The van der Waals surface area contributed by atoms with Crippen LogP contribution in [0.25, 0.3) is 22.3 Å². The average molecular weight is 525 g/mol. The van der Waals surface area contributed by atoms with Gasteiger partial charge in [0.2, 0.25) is 5.91 Å². The Morgan fingerprint density at radius 2 is 1.92 bits per heavy atom. The van der Waals surface area contributed by atoms with Crippen molar-refractivity contribution >= 4 is 28.4 Å². The van der Waals surface area contributed by atoms with Gasteiger partial charge in [0.25, 0.3) is 5.56 Å². The molecule has 196 valence electrons. The monoisotopic (exact) mass is 524 g/mol. The van der Waals surface area contributed by atoms with Crippen molar-refractivity contribution in [3.05, 3.63) is 63.4 Å². The molecule has 0 spiro atoms. The number of carbonyl (C=O) groups is 1. The van der Waals surface area contributed by atoms with Crippen LogP contribution in [0, 0.1) is 5.92 Å². The lowest BCUT2D eigenvalue weighted by Crippen LogP contribution is -2.40. The van der Waals surface area contributed by atoms with Gasteiger partial charge in [-0.25, -0.2) is 9.37 Å². The third-order valence-electron chi connectivity index (χ3n) is 7.55. The molecule has 1 aliphatic heterocycles. The predicted octanol–water partition coefficient (Wildman–Crippen LogP) is 5.17. The van der Waals surface area contributed by atoms with E-state index in [1.54, 1.807) is 12.1 Å². The molecular formula is C29H34ClFN4O2. The van der Waals surface area contributed by atoms with Crippen LogP contribution in [-0.2, 0) is 11.3 Å². The minimum Gasteiger partial charge on any atom is -0.352 e. The minimum atomic E-state index is -0.642. The van der Waals surface area contributed by atoms with Crippen LogP contribution in [0.15, 0.2) is 47.3 Å². The van der Waals surface area contributed by atoms with Gasteiger partial charge in [-0.3, -0.25) is 14.2 Å². The molecule has 1 saturated carbocycles. The van der Waals surface area contributed by atoms with Crippen LogP contribution in [0.2, 0.25) is 5.02 Å². The first-order valence-electron chi connectivity index (χ1n) is 13.2. The van der Waals surface area contributed by atoms with E-state index >= 15 is 0 Å². The van der Waals surface area contributed by atoms with E-state index in [0.29, 0.717) is 52.0 Å². The number of hydrogen-bond donors (Lipinski definition) is 1. The Balaban J connectivity index is 1.41. The maximum Gasteiger partial charge on any atom is 0.262 e. The molecule has 1 amide bonds. The fourth-order valence-electron chi connectivity index (χ4n) is 5.60. The lowest BCUT2D eigenvalue weighted by molar-refractivity contribution is -0.122. The first-order valence-corrected chi connectivity index (χ1v) is 13.6. The van der Waals surface area contributed by atoms with E-state index in [4.69, 9.17) is 16.6 Å². The van der Waals surface area contributed by atoms with Crippen LogP contribution in [0.1, 0.15) is 51.0 Å². The fraction of sp³-hybridized carbons (Fsp3) is 0.483. The Kier molecular flexibility index (Phi) is 7.63. The number of nitrogens with one attached hydrogen (secondary N) is 1. The molecule has 0 unspecified atom stereocenters. The van der Waals surface area contributed by atoms with Crippen LogP contribution < -0.4 is 10.9 Å². The molecule has 3 aromatic rings. The number of fused-ring (bicyclic) bond motifs is 1. The Bertz CT molecular complexity index is 1340. The predicted molar refractivity (Wildman–Crippen MR) is 146 cm³/mol. The van der Waals surface area contributed by atoms with Crippen LogP contribution in [0.5, 0.6) is 0 Å². The second-order valence-corrected chi connectivity index (χ2v) is 11.3. The van der Waals surface area contributed by atoms with Crippen molar-refractivity contribution < 1.29 is 9.18 Å². The van der Waals surface area contributed by atoms with Gasteiger partial charge in [0, 0.05) is 36.3 Å². The van der Waals surface area contributed by atoms with Gasteiger partial charge >= 0.3 is 0 Å². The summed E-state index contributed by atoms with van der Waals surface area (Å²) in [6.45, 7) is 6.38. The van der Waals surface area contributed by atoms with Crippen molar-refractivity contribution in [2.45, 2.75) is 64.2 Å². The highest BCUT2D eigenvalue weighted by Crippen LogP contribution is 2.42. The molecule has 0 radical (unpaired) electrons. The number of hydrogen-bond acceptors (Lipinski definition) is 4. The number of halogens is 2. The van der Waals surface area contributed by atoms with Gasteiger partial charge in [-0.15, -0.1) is 0 Å². The summed E-state index contributed by atoms with van der Waals surface area (Å²) >= 11 is 6.22. The molecule has 37 heavy (non-hydrogen) atoms. The molecule has 2 aromatic carbocycles. The van der Waals surface area contributed by atoms with Crippen molar-refractivity contribution in [3.8, 4) is 11.4 Å². The van der Waals surface area contributed by atoms with Gasteiger partial charge < -0.3 is 10.2 Å². The molecule has 0 bridgehead atoms. The minimum absolute atomic E-state index is 0.0345. The molecule has 2 fully saturated rings. The molecule has 8 heteroatoms. The van der Waals surface area contributed by atoms with E-state index in [1.165, 1.54) is 4.57 Å².